The molecule has 0 bridgehead atoms. The van der Waals surface area contributed by atoms with Crippen LogP contribution in [-0.2, 0) is 6.18 Å². The molecule has 0 fully saturated rings. The van der Waals surface area contributed by atoms with Crippen LogP contribution >= 0.6 is 28.1 Å². The highest BCUT2D eigenvalue weighted by Gasteiger charge is 2.31. The molecule has 1 aromatic heterocycles. The van der Waals surface area contributed by atoms with Crippen molar-refractivity contribution in [2.75, 3.05) is 0 Å². The van der Waals surface area contributed by atoms with Crippen molar-refractivity contribution in [3.8, 4) is 5.75 Å². The average molecular weight is 325 g/mol. The molecule has 0 amide bonds. The molecule has 17 heavy (non-hydrogen) atoms. The molecule has 90 valence electrons. The monoisotopic (exact) mass is 324 g/mol. The Labute approximate surface area is 107 Å². The summed E-state index contributed by atoms with van der Waals surface area (Å²) in [5.74, 6) is -0.344. The van der Waals surface area contributed by atoms with Gasteiger partial charge in [-0.2, -0.15) is 13.2 Å². The summed E-state index contributed by atoms with van der Waals surface area (Å²) in [6.07, 6.45) is -4.49. The van der Waals surface area contributed by atoms with E-state index in [4.69, 9.17) is 16.6 Å². The maximum atomic E-state index is 12.6. The summed E-state index contributed by atoms with van der Waals surface area (Å²) in [4.78, 5) is 0. The van der Waals surface area contributed by atoms with Gasteiger partial charge in [-0.25, -0.2) is 0 Å². The first-order chi connectivity index (χ1) is 7.79. The molecule has 1 N–H and O–H groups in total. The molecule has 7 heteroatoms. The molecule has 0 aliphatic heterocycles. The molecule has 1 aromatic carbocycles. The highest BCUT2D eigenvalue weighted by Crippen LogP contribution is 2.38. The summed E-state index contributed by atoms with van der Waals surface area (Å²) in [7, 11) is 0. The number of alkyl halides is 3. The number of halogens is 4. The predicted octanol–water partition coefficient (Wildman–Crippen LogP) is 4.65. The summed E-state index contributed by atoms with van der Waals surface area (Å²) < 4.78 is 42.8. The molecule has 0 atom stereocenters. The topological polar surface area (TPSA) is 33.4 Å². The van der Waals surface area contributed by atoms with E-state index in [1.807, 2.05) is 0 Å². The van der Waals surface area contributed by atoms with Gasteiger partial charge in [0.2, 0.25) is 0 Å². The third kappa shape index (κ3) is 2.30. The lowest BCUT2D eigenvalue weighted by molar-refractivity contribution is -0.137. The third-order valence-corrected chi connectivity index (χ3v) is 2.89. The highest BCUT2D eigenvalue weighted by molar-refractivity contribution is 9.10. The number of aromatic hydroxyl groups is 1. The van der Waals surface area contributed by atoms with Crippen molar-refractivity contribution in [2.24, 2.45) is 0 Å². The number of benzene rings is 1. The Morgan fingerprint density at radius 2 is 1.88 bits per heavy atom. The molecule has 1 heterocycles. The van der Waals surface area contributed by atoms with Crippen molar-refractivity contribution in [1.82, 2.24) is 0 Å². The van der Waals surface area contributed by atoms with Crippen molar-refractivity contribution in [3.05, 3.63) is 32.9 Å². The summed E-state index contributed by atoms with van der Waals surface area (Å²) in [6, 6.07) is 2.78. The normalized spacial score (nSPS) is 12.0. The van der Waals surface area contributed by atoms with Crippen LogP contribution in [0, 0.1) is 4.71 Å². The molecule has 0 saturated heterocycles. The first kappa shape index (κ1) is 12.4. The van der Waals surface area contributed by atoms with Gasteiger partial charge < -0.3 is 9.52 Å². The molecule has 2 aromatic rings. The van der Waals surface area contributed by atoms with Gasteiger partial charge in [-0.1, -0.05) is 0 Å². The maximum absolute atomic E-state index is 12.6. The lowest BCUT2D eigenvalue weighted by Crippen LogP contribution is -2.04. The van der Waals surface area contributed by atoms with Crippen molar-refractivity contribution >= 4 is 39.1 Å². The van der Waals surface area contributed by atoms with Gasteiger partial charge in [0.15, 0.2) is 10.3 Å². The number of hydrogen-bond donors (Lipinski definition) is 1. The van der Waals surface area contributed by atoms with E-state index in [0.717, 1.165) is 18.2 Å². The van der Waals surface area contributed by atoms with Crippen molar-refractivity contribution in [1.29, 1.82) is 0 Å². The van der Waals surface area contributed by atoms with E-state index in [-0.39, 0.29) is 25.9 Å². The van der Waals surface area contributed by atoms with Gasteiger partial charge in [0.25, 0.3) is 0 Å². The molecule has 0 unspecified atom stereocenters. The van der Waals surface area contributed by atoms with E-state index in [1.54, 1.807) is 0 Å². The number of rotatable bonds is 0. The van der Waals surface area contributed by atoms with Crippen LogP contribution in [0.2, 0.25) is 0 Å². The standard InChI is InChI=1S/C10H4BrF3O2S/c11-6-2-4(10(12,13)14)1-5-7(15)3-8(17)16-9(5)6/h1-3,15H. The Bertz CT molecular complexity index is 648. The average Bonchev–Trinajstić information content (AvgIpc) is 2.17. The van der Waals surface area contributed by atoms with E-state index in [0.29, 0.717) is 0 Å². The smallest absolute Gasteiger partial charge is 0.416 e. The molecule has 0 radical (unpaired) electrons. The Morgan fingerprint density at radius 1 is 1.24 bits per heavy atom. The zero-order valence-electron chi connectivity index (χ0n) is 8.01. The van der Waals surface area contributed by atoms with E-state index in [2.05, 4.69) is 15.9 Å². The zero-order chi connectivity index (χ0) is 12.8. The first-order valence-electron chi connectivity index (χ1n) is 4.32. The third-order valence-electron chi connectivity index (χ3n) is 2.10. The van der Waals surface area contributed by atoms with Gasteiger partial charge in [0, 0.05) is 6.07 Å². The van der Waals surface area contributed by atoms with Crippen molar-refractivity contribution in [3.63, 3.8) is 0 Å². The van der Waals surface area contributed by atoms with Gasteiger partial charge >= 0.3 is 6.18 Å². The van der Waals surface area contributed by atoms with Gasteiger partial charge in [-0.05, 0) is 40.3 Å². The van der Waals surface area contributed by atoms with E-state index >= 15 is 0 Å². The molecule has 2 rings (SSSR count). The van der Waals surface area contributed by atoms with E-state index < -0.39 is 11.7 Å². The second-order valence-corrected chi connectivity index (χ2v) is 4.54. The van der Waals surface area contributed by atoms with Crippen LogP contribution in [0.15, 0.2) is 27.1 Å². The second-order valence-electron chi connectivity index (χ2n) is 3.28. The Kier molecular flexibility index (Phi) is 2.90. The minimum atomic E-state index is -4.49. The summed E-state index contributed by atoms with van der Waals surface area (Å²) in [5, 5.41) is 9.51. The van der Waals surface area contributed by atoms with Crippen molar-refractivity contribution < 1.29 is 22.7 Å². The van der Waals surface area contributed by atoms with Crippen LogP contribution in [0.5, 0.6) is 5.75 Å². The van der Waals surface area contributed by atoms with Crippen LogP contribution in [0.3, 0.4) is 0 Å². The second kappa shape index (κ2) is 3.99. The van der Waals surface area contributed by atoms with Gasteiger partial charge in [-0.3, -0.25) is 0 Å². The lowest BCUT2D eigenvalue weighted by atomic mass is 10.1. The SMILES string of the molecule is Oc1cc(=S)oc2c(Br)cc(C(F)(F)F)cc12. The fraction of sp³-hybridized carbons (Fsp3) is 0.100. The minimum Gasteiger partial charge on any atom is -0.507 e. The largest absolute Gasteiger partial charge is 0.507 e. The van der Waals surface area contributed by atoms with Crippen LogP contribution < -0.4 is 0 Å². The van der Waals surface area contributed by atoms with E-state index in [9.17, 15) is 18.3 Å². The van der Waals surface area contributed by atoms with Gasteiger partial charge in [0.05, 0.1) is 15.4 Å². The Balaban J connectivity index is 2.87. The number of fused-ring (bicyclic) bond motifs is 1. The maximum Gasteiger partial charge on any atom is 0.416 e. The van der Waals surface area contributed by atoms with E-state index in [1.165, 1.54) is 0 Å². The summed E-state index contributed by atoms with van der Waals surface area (Å²) in [5.41, 5.74) is -0.789. The lowest BCUT2D eigenvalue weighted by Gasteiger charge is -2.09. The molecule has 0 saturated carbocycles. The van der Waals surface area contributed by atoms with Gasteiger partial charge in [-0.15, -0.1) is 0 Å². The fourth-order valence-electron chi connectivity index (χ4n) is 1.37. The first-order valence-corrected chi connectivity index (χ1v) is 5.53. The quantitative estimate of drug-likeness (QED) is 0.716. The van der Waals surface area contributed by atoms with Crippen molar-refractivity contribution in [2.45, 2.75) is 6.18 Å². The Morgan fingerprint density at radius 3 is 2.47 bits per heavy atom. The summed E-state index contributed by atoms with van der Waals surface area (Å²) in [6.45, 7) is 0. The highest BCUT2D eigenvalue weighted by atomic mass is 79.9. The molecular weight excluding hydrogens is 321 g/mol. The molecule has 0 aliphatic carbocycles. The Hall–Kier alpha value is -1.08. The molecule has 2 nitrogen and oxygen atoms in total. The van der Waals surface area contributed by atoms with Crippen LogP contribution in [0.25, 0.3) is 11.0 Å². The van der Waals surface area contributed by atoms with Crippen LogP contribution in [-0.4, -0.2) is 5.11 Å². The van der Waals surface area contributed by atoms with Gasteiger partial charge in [0.1, 0.15) is 5.75 Å². The fourth-order valence-corrected chi connectivity index (χ4v) is 2.11. The molecule has 0 spiro atoms. The van der Waals surface area contributed by atoms with Crippen LogP contribution in [0.1, 0.15) is 5.56 Å². The predicted molar refractivity (Wildman–Crippen MR) is 61.4 cm³/mol. The molecular formula is C10H4BrF3O2S. The minimum absolute atomic E-state index is 0.00420. The molecule has 0 aliphatic rings. The number of hydrogen-bond acceptors (Lipinski definition) is 3. The summed E-state index contributed by atoms with van der Waals surface area (Å²) >= 11 is 7.68. The zero-order valence-corrected chi connectivity index (χ0v) is 10.4. The van der Waals surface area contributed by atoms with Crippen LogP contribution in [0.4, 0.5) is 13.2 Å².